The normalized spacial score (nSPS) is 17.1. The number of carbonyl (C=O) groups is 1. The molecule has 0 saturated heterocycles. The molecular formula is C17H21N5O. The van der Waals surface area contributed by atoms with Gasteiger partial charge in [0, 0.05) is 25.2 Å². The van der Waals surface area contributed by atoms with Crippen molar-refractivity contribution in [1.29, 1.82) is 0 Å². The fraction of sp³-hybridized carbons (Fsp3) is 0.471. The van der Waals surface area contributed by atoms with Gasteiger partial charge in [-0.2, -0.15) is 4.98 Å². The van der Waals surface area contributed by atoms with Gasteiger partial charge in [-0.25, -0.2) is 9.48 Å². The summed E-state index contributed by atoms with van der Waals surface area (Å²) in [4.78, 5) is 19.0. The first-order chi connectivity index (χ1) is 11.3. The summed E-state index contributed by atoms with van der Waals surface area (Å²) in [5.41, 5.74) is 2.24. The second-order valence-electron chi connectivity index (χ2n) is 6.20. The van der Waals surface area contributed by atoms with E-state index in [1.807, 2.05) is 27.8 Å². The smallest absolute Gasteiger partial charge is 0.294 e. The zero-order valence-corrected chi connectivity index (χ0v) is 13.2. The number of rotatable bonds is 1. The SMILES string of the molecule is O=C(Nc1nc2n(n1)CCCC2)N1CCCCc2ccccc21. The summed E-state index contributed by atoms with van der Waals surface area (Å²) in [5.74, 6) is 1.40. The van der Waals surface area contributed by atoms with E-state index in [1.165, 1.54) is 5.56 Å². The summed E-state index contributed by atoms with van der Waals surface area (Å²) in [6.07, 6.45) is 6.36. The fourth-order valence-electron chi connectivity index (χ4n) is 3.40. The van der Waals surface area contributed by atoms with Crippen LogP contribution in [0.15, 0.2) is 24.3 Å². The lowest BCUT2D eigenvalue weighted by atomic mass is 10.1. The van der Waals surface area contributed by atoms with E-state index in [0.29, 0.717) is 5.95 Å². The van der Waals surface area contributed by atoms with Crippen molar-refractivity contribution in [3.63, 3.8) is 0 Å². The van der Waals surface area contributed by atoms with Crippen LogP contribution >= 0.6 is 0 Å². The molecule has 0 bridgehead atoms. The number of amides is 2. The molecule has 2 aliphatic rings. The lowest BCUT2D eigenvalue weighted by Gasteiger charge is -2.22. The quantitative estimate of drug-likeness (QED) is 0.880. The van der Waals surface area contributed by atoms with Gasteiger partial charge in [-0.3, -0.25) is 10.2 Å². The maximum Gasteiger partial charge on any atom is 0.328 e. The Kier molecular flexibility index (Phi) is 3.73. The number of benzene rings is 1. The number of aromatic nitrogens is 3. The van der Waals surface area contributed by atoms with E-state index >= 15 is 0 Å². The van der Waals surface area contributed by atoms with Gasteiger partial charge in [-0.1, -0.05) is 18.2 Å². The summed E-state index contributed by atoms with van der Waals surface area (Å²) >= 11 is 0. The highest BCUT2D eigenvalue weighted by atomic mass is 16.2. The van der Waals surface area contributed by atoms with Crippen molar-refractivity contribution in [3.05, 3.63) is 35.7 Å². The van der Waals surface area contributed by atoms with E-state index in [0.717, 1.165) is 63.1 Å². The van der Waals surface area contributed by atoms with Crippen LogP contribution in [0.3, 0.4) is 0 Å². The zero-order chi connectivity index (χ0) is 15.6. The Morgan fingerprint density at radius 1 is 1.04 bits per heavy atom. The van der Waals surface area contributed by atoms with Crippen molar-refractivity contribution >= 4 is 17.7 Å². The van der Waals surface area contributed by atoms with Crippen molar-refractivity contribution in [3.8, 4) is 0 Å². The Labute approximate surface area is 135 Å². The van der Waals surface area contributed by atoms with Gasteiger partial charge < -0.3 is 0 Å². The fourth-order valence-corrected chi connectivity index (χ4v) is 3.40. The van der Waals surface area contributed by atoms with Gasteiger partial charge in [0.25, 0.3) is 0 Å². The molecule has 4 rings (SSSR count). The number of nitrogens with one attached hydrogen (secondary N) is 1. The number of carbonyl (C=O) groups excluding carboxylic acids is 1. The first-order valence-electron chi connectivity index (χ1n) is 8.41. The van der Waals surface area contributed by atoms with Crippen molar-refractivity contribution in [2.24, 2.45) is 0 Å². The predicted octanol–water partition coefficient (Wildman–Crippen LogP) is 2.99. The Balaban J connectivity index is 1.56. The number of aryl methyl sites for hydroxylation is 3. The summed E-state index contributed by atoms with van der Waals surface area (Å²) in [6, 6.07) is 8.01. The van der Waals surface area contributed by atoms with Crippen molar-refractivity contribution in [2.45, 2.75) is 45.1 Å². The minimum absolute atomic E-state index is 0.137. The highest BCUT2D eigenvalue weighted by Gasteiger charge is 2.23. The van der Waals surface area contributed by atoms with E-state index in [9.17, 15) is 4.79 Å². The molecule has 1 aromatic heterocycles. The first kappa shape index (κ1) is 14.2. The number of anilines is 2. The molecule has 6 nitrogen and oxygen atoms in total. The van der Waals surface area contributed by atoms with E-state index in [2.05, 4.69) is 21.5 Å². The maximum absolute atomic E-state index is 12.7. The molecule has 0 spiro atoms. The molecule has 2 aromatic rings. The van der Waals surface area contributed by atoms with Crippen molar-refractivity contribution in [2.75, 3.05) is 16.8 Å². The molecule has 6 heteroatoms. The Hall–Kier alpha value is -2.37. The van der Waals surface area contributed by atoms with Crippen LogP contribution in [0, 0.1) is 0 Å². The van der Waals surface area contributed by atoms with Crippen LogP contribution in [-0.4, -0.2) is 27.3 Å². The average molecular weight is 311 g/mol. The third-order valence-electron chi connectivity index (χ3n) is 4.59. The second-order valence-corrected chi connectivity index (χ2v) is 6.20. The van der Waals surface area contributed by atoms with Crippen LogP contribution in [-0.2, 0) is 19.4 Å². The van der Waals surface area contributed by atoms with Gasteiger partial charge in [0.2, 0.25) is 5.95 Å². The minimum atomic E-state index is -0.137. The number of nitrogens with zero attached hydrogens (tertiary/aromatic N) is 4. The number of fused-ring (bicyclic) bond motifs is 2. The molecule has 3 heterocycles. The molecule has 0 unspecified atom stereocenters. The van der Waals surface area contributed by atoms with Gasteiger partial charge in [0.05, 0.1) is 0 Å². The molecule has 1 N–H and O–H groups in total. The van der Waals surface area contributed by atoms with Gasteiger partial charge >= 0.3 is 6.03 Å². The molecule has 0 saturated carbocycles. The molecule has 2 amide bonds. The third kappa shape index (κ3) is 2.81. The molecule has 0 radical (unpaired) electrons. The molecule has 120 valence electrons. The minimum Gasteiger partial charge on any atom is -0.294 e. The standard InChI is InChI=1S/C17H21N5O/c23-17(19-16-18-15-10-4-6-12-22(15)20-16)21-11-5-3-8-13-7-1-2-9-14(13)21/h1-2,7,9H,3-6,8,10-12H2,(H,19,20,23). The van der Waals surface area contributed by atoms with E-state index < -0.39 is 0 Å². The van der Waals surface area contributed by atoms with E-state index in [-0.39, 0.29) is 6.03 Å². The molecule has 2 aliphatic heterocycles. The number of hydrogen-bond donors (Lipinski definition) is 1. The summed E-state index contributed by atoms with van der Waals surface area (Å²) < 4.78 is 1.91. The van der Waals surface area contributed by atoms with Crippen LogP contribution in [0.25, 0.3) is 0 Å². The average Bonchev–Trinajstić information content (AvgIpc) is 2.84. The van der Waals surface area contributed by atoms with Crippen LogP contribution in [0.5, 0.6) is 0 Å². The van der Waals surface area contributed by atoms with Crippen LogP contribution in [0.4, 0.5) is 16.4 Å². The molecule has 0 atom stereocenters. The molecule has 23 heavy (non-hydrogen) atoms. The summed E-state index contributed by atoms with van der Waals surface area (Å²) in [7, 11) is 0. The zero-order valence-electron chi connectivity index (χ0n) is 13.2. The van der Waals surface area contributed by atoms with Crippen molar-refractivity contribution < 1.29 is 4.79 Å². The molecule has 0 aliphatic carbocycles. The highest BCUT2D eigenvalue weighted by Crippen LogP contribution is 2.26. The topological polar surface area (TPSA) is 63.1 Å². The number of para-hydroxylation sites is 1. The van der Waals surface area contributed by atoms with Gasteiger partial charge in [-0.05, 0) is 43.7 Å². The lowest BCUT2D eigenvalue weighted by Crippen LogP contribution is -2.36. The highest BCUT2D eigenvalue weighted by molar-refractivity contribution is 6.01. The van der Waals surface area contributed by atoms with Gasteiger partial charge in [0.15, 0.2) is 0 Å². The van der Waals surface area contributed by atoms with Gasteiger partial charge in [0.1, 0.15) is 5.82 Å². The van der Waals surface area contributed by atoms with E-state index in [1.54, 1.807) is 0 Å². The summed E-state index contributed by atoms with van der Waals surface area (Å²) in [6.45, 7) is 1.63. The Bertz CT molecular complexity index is 700. The van der Waals surface area contributed by atoms with Crippen LogP contribution < -0.4 is 10.2 Å². The van der Waals surface area contributed by atoms with Crippen molar-refractivity contribution in [1.82, 2.24) is 14.8 Å². The Morgan fingerprint density at radius 3 is 2.78 bits per heavy atom. The molecule has 0 fully saturated rings. The monoisotopic (exact) mass is 311 g/mol. The number of urea groups is 1. The second kappa shape index (κ2) is 6.02. The third-order valence-corrected chi connectivity index (χ3v) is 4.59. The predicted molar refractivity (Wildman–Crippen MR) is 88.7 cm³/mol. The van der Waals surface area contributed by atoms with E-state index in [4.69, 9.17) is 0 Å². The maximum atomic E-state index is 12.7. The van der Waals surface area contributed by atoms with Gasteiger partial charge in [-0.15, -0.1) is 5.10 Å². The van der Waals surface area contributed by atoms with Crippen LogP contribution in [0.1, 0.15) is 37.1 Å². The summed E-state index contributed by atoms with van der Waals surface area (Å²) in [5, 5.41) is 7.29. The first-order valence-corrected chi connectivity index (χ1v) is 8.41. The molecule has 1 aromatic carbocycles. The lowest BCUT2D eigenvalue weighted by molar-refractivity contribution is 0.256. The largest absolute Gasteiger partial charge is 0.328 e. The Morgan fingerprint density at radius 2 is 1.87 bits per heavy atom. The molecular weight excluding hydrogens is 290 g/mol. The van der Waals surface area contributed by atoms with Crippen LogP contribution in [0.2, 0.25) is 0 Å². The number of hydrogen-bond acceptors (Lipinski definition) is 3.